The standard InChI is InChI=1S/C29H40N6O3S/c1-21-8-10-27-25(20-21)35(24-6-3-4-7-26(24)39-27)14-5-13-33-16-18-34(19-17-33)15-12-31-29(38)23(32-22(2)36)9-11-28(30)37/h3-4,6-8,10,20,23H,5,9,11-19H2,1-2H3,(H2,30,37)(H,31,38)(H,32,36)/t23-/m0/s1. The van der Waals surface area contributed by atoms with Gasteiger partial charge < -0.3 is 26.2 Å². The average molecular weight is 553 g/mol. The second-order valence-electron chi connectivity index (χ2n) is 10.3. The van der Waals surface area contributed by atoms with Gasteiger partial charge >= 0.3 is 0 Å². The van der Waals surface area contributed by atoms with Crippen LogP contribution < -0.4 is 21.3 Å². The monoisotopic (exact) mass is 552 g/mol. The fraction of sp³-hybridized carbons (Fsp3) is 0.483. The van der Waals surface area contributed by atoms with E-state index in [0.29, 0.717) is 6.54 Å². The van der Waals surface area contributed by atoms with E-state index in [4.69, 9.17) is 5.73 Å². The molecule has 0 aromatic heterocycles. The molecule has 1 saturated heterocycles. The number of nitrogens with one attached hydrogen (secondary N) is 2. The van der Waals surface area contributed by atoms with Crippen molar-refractivity contribution in [1.82, 2.24) is 20.4 Å². The third kappa shape index (κ3) is 8.20. The van der Waals surface area contributed by atoms with Gasteiger partial charge in [0.1, 0.15) is 6.04 Å². The lowest BCUT2D eigenvalue weighted by Gasteiger charge is -2.36. The first-order valence-electron chi connectivity index (χ1n) is 13.7. The van der Waals surface area contributed by atoms with Crippen LogP contribution >= 0.6 is 11.8 Å². The number of nitrogens with two attached hydrogens (primary N) is 1. The normalized spacial score (nSPS) is 16.2. The quantitative estimate of drug-likeness (QED) is 0.371. The van der Waals surface area contributed by atoms with Crippen LogP contribution in [-0.4, -0.2) is 85.9 Å². The maximum absolute atomic E-state index is 12.5. The second kappa shape index (κ2) is 13.8. The number of carbonyl (C=O) groups excluding carboxylic acids is 3. The molecular formula is C29H40N6O3S. The molecule has 0 unspecified atom stereocenters. The van der Waals surface area contributed by atoms with E-state index < -0.39 is 11.9 Å². The van der Waals surface area contributed by atoms with Gasteiger partial charge in [-0.2, -0.15) is 0 Å². The fourth-order valence-corrected chi connectivity index (χ4v) is 6.21. The van der Waals surface area contributed by atoms with Crippen LogP contribution in [0.25, 0.3) is 0 Å². The molecule has 9 nitrogen and oxygen atoms in total. The van der Waals surface area contributed by atoms with Gasteiger partial charge in [-0.25, -0.2) is 0 Å². The molecule has 4 rings (SSSR count). The van der Waals surface area contributed by atoms with Gasteiger partial charge in [-0.15, -0.1) is 0 Å². The fourth-order valence-electron chi connectivity index (χ4n) is 5.13. The van der Waals surface area contributed by atoms with Gasteiger partial charge in [0.25, 0.3) is 0 Å². The van der Waals surface area contributed by atoms with E-state index in [-0.39, 0.29) is 24.7 Å². The minimum atomic E-state index is -0.742. The zero-order valence-electron chi connectivity index (χ0n) is 22.9. The number of benzene rings is 2. The Morgan fingerprint density at radius 1 is 0.949 bits per heavy atom. The van der Waals surface area contributed by atoms with Crippen LogP contribution in [0.2, 0.25) is 0 Å². The number of aryl methyl sites for hydroxylation is 1. The molecule has 4 N–H and O–H groups in total. The smallest absolute Gasteiger partial charge is 0.242 e. The van der Waals surface area contributed by atoms with Gasteiger partial charge in [0.05, 0.1) is 11.4 Å². The molecule has 2 aliphatic rings. The Kier molecular flexibility index (Phi) is 10.2. The SMILES string of the molecule is CC(=O)N[C@@H](CCC(N)=O)C(=O)NCCN1CCN(CCCN2c3ccccc3Sc3ccc(C)cc32)CC1. The number of carbonyl (C=O) groups is 3. The zero-order chi connectivity index (χ0) is 27.8. The van der Waals surface area contributed by atoms with Crippen LogP contribution in [-0.2, 0) is 14.4 Å². The van der Waals surface area contributed by atoms with Crippen molar-refractivity contribution in [1.29, 1.82) is 0 Å². The predicted octanol–water partition coefficient (Wildman–Crippen LogP) is 2.49. The Morgan fingerprint density at radius 3 is 2.36 bits per heavy atom. The first-order valence-corrected chi connectivity index (χ1v) is 14.5. The molecule has 0 radical (unpaired) electrons. The van der Waals surface area contributed by atoms with Crippen molar-refractivity contribution in [2.24, 2.45) is 5.73 Å². The number of fused-ring (bicyclic) bond motifs is 2. The number of para-hydroxylation sites is 1. The second-order valence-corrected chi connectivity index (χ2v) is 11.4. The number of rotatable bonds is 12. The molecule has 39 heavy (non-hydrogen) atoms. The van der Waals surface area contributed by atoms with Crippen LogP contribution in [0.15, 0.2) is 52.3 Å². The highest BCUT2D eigenvalue weighted by molar-refractivity contribution is 7.99. The Morgan fingerprint density at radius 2 is 1.64 bits per heavy atom. The molecule has 2 aromatic rings. The number of hydrogen-bond acceptors (Lipinski definition) is 7. The van der Waals surface area contributed by atoms with Crippen molar-refractivity contribution in [3.05, 3.63) is 48.0 Å². The van der Waals surface area contributed by atoms with Gasteiger partial charge in [-0.3, -0.25) is 19.3 Å². The summed E-state index contributed by atoms with van der Waals surface area (Å²) in [6.45, 7) is 10.7. The molecule has 0 aliphatic carbocycles. The lowest BCUT2D eigenvalue weighted by Crippen LogP contribution is -2.51. The van der Waals surface area contributed by atoms with Crippen molar-refractivity contribution in [2.75, 3.05) is 57.3 Å². The number of amides is 3. The number of hydrogen-bond donors (Lipinski definition) is 3. The Hall–Kier alpha value is -3.08. The van der Waals surface area contributed by atoms with E-state index in [0.717, 1.165) is 52.2 Å². The maximum atomic E-state index is 12.5. The lowest BCUT2D eigenvalue weighted by molar-refractivity contribution is -0.128. The summed E-state index contributed by atoms with van der Waals surface area (Å²) in [7, 11) is 0. The van der Waals surface area contributed by atoms with E-state index in [1.807, 2.05) is 11.8 Å². The minimum Gasteiger partial charge on any atom is -0.370 e. The largest absolute Gasteiger partial charge is 0.370 e. The maximum Gasteiger partial charge on any atom is 0.242 e. The molecule has 2 aliphatic heterocycles. The summed E-state index contributed by atoms with van der Waals surface area (Å²) >= 11 is 1.85. The van der Waals surface area contributed by atoms with Gasteiger partial charge in [-0.05, 0) is 56.1 Å². The Bertz CT molecular complexity index is 1170. The van der Waals surface area contributed by atoms with Crippen LogP contribution in [0.4, 0.5) is 11.4 Å². The molecule has 1 fully saturated rings. The molecule has 210 valence electrons. The summed E-state index contributed by atoms with van der Waals surface area (Å²) in [5.74, 6) is -1.08. The number of piperazine rings is 1. The molecule has 3 amide bonds. The third-order valence-electron chi connectivity index (χ3n) is 7.20. The van der Waals surface area contributed by atoms with Crippen molar-refractivity contribution in [3.63, 3.8) is 0 Å². The third-order valence-corrected chi connectivity index (χ3v) is 8.33. The van der Waals surface area contributed by atoms with Crippen molar-refractivity contribution in [3.8, 4) is 0 Å². The predicted molar refractivity (Wildman–Crippen MR) is 155 cm³/mol. The summed E-state index contributed by atoms with van der Waals surface area (Å²) in [6, 6.07) is 14.6. The van der Waals surface area contributed by atoms with E-state index in [9.17, 15) is 14.4 Å². The first-order chi connectivity index (χ1) is 18.8. The van der Waals surface area contributed by atoms with E-state index in [2.05, 4.69) is 74.7 Å². The number of nitrogens with zero attached hydrogens (tertiary/aromatic N) is 3. The highest BCUT2D eigenvalue weighted by atomic mass is 32.2. The molecule has 0 saturated carbocycles. The summed E-state index contributed by atoms with van der Waals surface area (Å²) < 4.78 is 0. The molecular weight excluding hydrogens is 512 g/mol. The summed E-state index contributed by atoms with van der Waals surface area (Å²) in [5, 5.41) is 5.50. The summed E-state index contributed by atoms with van der Waals surface area (Å²) in [6.07, 6.45) is 1.33. The Labute approximate surface area is 235 Å². The summed E-state index contributed by atoms with van der Waals surface area (Å²) in [5.41, 5.74) is 9.08. The highest BCUT2D eigenvalue weighted by Crippen LogP contribution is 2.48. The minimum absolute atomic E-state index is 0.0513. The highest BCUT2D eigenvalue weighted by Gasteiger charge is 2.24. The van der Waals surface area contributed by atoms with E-state index >= 15 is 0 Å². The topological polar surface area (TPSA) is 111 Å². The molecule has 1 atom stereocenters. The lowest BCUT2D eigenvalue weighted by atomic mass is 10.1. The molecule has 10 heteroatoms. The van der Waals surface area contributed by atoms with Crippen molar-refractivity contribution in [2.45, 2.75) is 48.9 Å². The van der Waals surface area contributed by atoms with Crippen molar-refractivity contribution >= 4 is 40.9 Å². The van der Waals surface area contributed by atoms with Crippen LogP contribution in [0.5, 0.6) is 0 Å². The first kappa shape index (κ1) is 28.9. The average Bonchev–Trinajstić information content (AvgIpc) is 2.91. The van der Waals surface area contributed by atoms with Gasteiger partial charge in [-0.1, -0.05) is 30.0 Å². The van der Waals surface area contributed by atoms with Crippen LogP contribution in [0.1, 0.15) is 31.7 Å². The van der Waals surface area contributed by atoms with Gasteiger partial charge in [0.15, 0.2) is 0 Å². The molecule has 0 spiro atoms. The van der Waals surface area contributed by atoms with E-state index in [1.54, 1.807) is 0 Å². The number of anilines is 2. The van der Waals surface area contributed by atoms with Crippen LogP contribution in [0, 0.1) is 6.92 Å². The van der Waals surface area contributed by atoms with E-state index in [1.165, 1.54) is 33.7 Å². The summed E-state index contributed by atoms with van der Waals surface area (Å²) in [4.78, 5) is 45.0. The van der Waals surface area contributed by atoms with Crippen LogP contribution in [0.3, 0.4) is 0 Å². The molecule has 2 heterocycles. The van der Waals surface area contributed by atoms with Crippen molar-refractivity contribution < 1.29 is 14.4 Å². The molecule has 0 bridgehead atoms. The number of primary amides is 1. The Balaban J connectivity index is 1.19. The van der Waals surface area contributed by atoms with Gasteiger partial charge in [0, 0.05) is 68.9 Å². The molecule has 2 aromatic carbocycles. The zero-order valence-corrected chi connectivity index (χ0v) is 23.8. The van der Waals surface area contributed by atoms with Gasteiger partial charge in [0.2, 0.25) is 17.7 Å².